The summed E-state index contributed by atoms with van der Waals surface area (Å²) in [5, 5.41) is 3.53. The van der Waals surface area contributed by atoms with E-state index in [2.05, 4.69) is 31.1 Å². The second kappa shape index (κ2) is 8.13. The molecule has 0 saturated heterocycles. The second-order valence-corrected chi connectivity index (χ2v) is 5.53. The van der Waals surface area contributed by atoms with Gasteiger partial charge in [0.2, 0.25) is 0 Å². The zero-order valence-corrected chi connectivity index (χ0v) is 14.2. The van der Waals surface area contributed by atoms with E-state index in [1.165, 1.54) is 12.4 Å². The summed E-state index contributed by atoms with van der Waals surface area (Å²) in [6.07, 6.45) is 5.24. The van der Waals surface area contributed by atoms with E-state index >= 15 is 0 Å². The van der Waals surface area contributed by atoms with Crippen LogP contribution >= 0.6 is 0 Å². The topological polar surface area (TPSA) is 109 Å². The number of fused-ring (bicyclic) bond motifs is 1. The van der Waals surface area contributed by atoms with Crippen LogP contribution in [0.2, 0.25) is 0 Å². The molecule has 132 valence electrons. The van der Waals surface area contributed by atoms with Crippen molar-refractivity contribution in [2.75, 3.05) is 11.9 Å². The smallest absolute Gasteiger partial charge is 0.285 e. The fourth-order valence-corrected chi connectivity index (χ4v) is 2.25. The Kier molecular flexibility index (Phi) is 5.45. The van der Waals surface area contributed by atoms with E-state index in [0.717, 1.165) is 17.3 Å². The van der Waals surface area contributed by atoms with Crippen LogP contribution in [0.25, 0.3) is 10.9 Å². The van der Waals surface area contributed by atoms with Crippen molar-refractivity contribution >= 4 is 28.5 Å². The van der Waals surface area contributed by atoms with Crippen molar-refractivity contribution in [2.45, 2.75) is 13.3 Å². The number of pyridine rings is 1. The predicted molar refractivity (Wildman–Crippen MR) is 97.5 cm³/mol. The summed E-state index contributed by atoms with van der Waals surface area (Å²) in [6, 6.07) is 8.94. The first-order valence-electron chi connectivity index (χ1n) is 8.19. The molecule has 0 aliphatic carbocycles. The van der Waals surface area contributed by atoms with Crippen molar-refractivity contribution in [3.05, 3.63) is 60.2 Å². The van der Waals surface area contributed by atoms with Crippen LogP contribution in [-0.4, -0.2) is 33.3 Å². The number of carbonyl (C=O) groups is 2. The fourth-order valence-electron chi connectivity index (χ4n) is 2.25. The van der Waals surface area contributed by atoms with E-state index in [1.807, 2.05) is 19.1 Å². The van der Waals surface area contributed by atoms with Crippen LogP contribution in [0.3, 0.4) is 0 Å². The molecule has 3 rings (SSSR count). The van der Waals surface area contributed by atoms with Crippen LogP contribution in [0.4, 0.5) is 5.82 Å². The molecule has 1 aromatic carbocycles. The molecule has 2 heterocycles. The third-order valence-corrected chi connectivity index (χ3v) is 3.57. The van der Waals surface area contributed by atoms with Crippen molar-refractivity contribution < 1.29 is 9.59 Å². The van der Waals surface area contributed by atoms with Crippen LogP contribution in [-0.2, 0) is 0 Å². The average Bonchev–Trinajstić information content (AvgIpc) is 2.68. The SMILES string of the molecule is CCCNNC(=O)c1cnc(NC(=O)c2ccc3ncccc3c2)cn1. The largest absolute Gasteiger partial charge is 0.305 e. The number of carbonyl (C=O) groups excluding carboxylic acids is 2. The Morgan fingerprint density at radius 1 is 1.04 bits per heavy atom. The number of rotatable bonds is 6. The van der Waals surface area contributed by atoms with E-state index in [-0.39, 0.29) is 23.3 Å². The van der Waals surface area contributed by atoms with Gasteiger partial charge >= 0.3 is 0 Å². The molecule has 0 aliphatic heterocycles. The molecule has 0 unspecified atom stereocenters. The lowest BCUT2D eigenvalue weighted by Crippen LogP contribution is -2.38. The maximum atomic E-state index is 12.4. The molecule has 26 heavy (non-hydrogen) atoms. The quantitative estimate of drug-likeness (QED) is 0.463. The number of hydrazine groups is 1. The number of benzene rings is 1. The zero-order valence-electron chi connectivity index (χ0n) is 14.2. The molecule has 0 radical (unpaired) electrons. The molecule has 8 nitrogen and oxygen atoms in total. The average molecular weight is 350 g/mol. The molecule has 0 fully saturated rings. The first kappa shape index (κ1) is 17.4. The van der Waals surface area contributed by atoms with Gasteiger partial charge in [-0.15, -0.1) is 0 Å². The molecule has 0 bridgehead atoms. The van der Waals surface area contributed by atoms with E-state index in [0.29, 0.717) is 12.1 Å². The fraction of sp³-hybridized carbons (Fsp3) is 0.167. The van der Waals surface area contributed by atoms with E-state index in [1.54, 1.807) is 24.4 Å². The Balaban J connectivity index is 1.66. The van der Waals surface area contributed by atoms with Gasteiger partial charge in [-0.2, -0.15) is 0 Å². The summed E-state index contributed by atoms with van der Waals surface area (Å²) in [7, 11) is 0. The summed E-state index contributed by atoms with van der Waals surface area (Å²) < 4.78 is 0. The number of nitrogens with zero attached hydrogens (tertiary/aromatic N) is 3. The lowest BCUT2D eigenvalue weighted by Gasteiger charge is -2.07. The van der Waals surface area contributed by atoms with Crippen molar-refractivity contribution in [2.24, 2.45) is 0 Å². The summed E-state index contributed by atoms with van der Waals surface area (Å²) >= 11 is 0. The van der Waals surface area contributed by atoms with Gasteiger partial charge < -0.3 is 5.32 Å². The second-order valence-electron chi connectivity index (χ2n) is 5.53. The number of amides is 2. The van der Waals surface area contributed by atoms with Crippen LogP contribution in [0.15, 0.2) is 48.9 Å². The maximum Gasteiger partial charge on any atom is 0.285 e. The number of hydrogen-bond acceptors (Lipinski definition) is 6. The van der Waals surface area contributed by atoms with Crippen molar-refractivity contribution in [3.8, 4) is 0 Å². The molecule has 8 heteroatoms. The summed E-state index contributed by atoms with van der Waals surface area (Å²) in [6.45, 7) is 2.65. The first-order chi connectivity index (χ1) is 12.7. The lowest BCUT2D eigenvalue weighted by molar-refractivity contribution is 0.0927. The van der Waals surface area contributed by atoms with Crippen molar-refractivity contribution in [1.29, 1.82) is 0 Å². The first-order valence-corrected chi connectivity index (χ1v) is 8.19. The van der Waals surface area contributed by atoms with Crippen molar-refractivity contribution in [3.63, 3.8) is 0 Å². The highest BCUT2D eigenvalue weighted by atomic mass is 16.2. The predicted octanol–water partition coefficient (Wildman–Crippen LogP) is 1.92. The third kappa shape index (κ3) is 4.17. The van der Waals surface area contributed by atoms with Crippen LogP contribution in [0.5, 0.6) is 0 Å². The molecule has 0 saturated carbocycles. The van der Waals surface area contributed by atoms with Gasteiger partial charge in [-0.25, -0.2) is 15.4 Å². The lowest BCUT2D eigenvalue weighted by atomic mass is 10.1. The number of hydrogen-bond donors (Lipinski definition) is 3. The van der Waals surface area contributed by atoms with Gasteiger partial charge in [-0.1, -0.05) is 13.0 Å². The molecular formula is C18H18N6O2. The van der Waals surface area contributed by atoms with E-state index in [4.69, 9.17) is 0 Å². The molecular weight excluding hydrogens is 332 g/mol. The summed E-state index contributed by atoms with van der Waals surface area (Å²) in [4.78, 5) is 36.5. The van der Waals surface area contributed by atoms with Gasteiger partial charge in [0.1, 0.15) is 5.69 Å². The Bertz CT molecular complexity index is 926. The van der Waals surface area contributed by atoms with Crippen LogP contribution < -0.4 is 16.2 Å². The van der Waals surface area contributed by atoms with Gasteiger partial charge in [0.15, 0.2) is 5.82 Å². The minimum absolute atomic E-state index is 0.156. The molecule has 3 aromatic rings. The Labute approximate surface area is 150 Å². The monoisotopic (exact) mass is 350 g/mol. The standard InChI is InChI=1S/C18H18N6O2/c1-2-7-22-24-18(26)15-10-21-16(11-20-15)23-17(25)13-5-6-14-12(9-13)4-3-8-19-14/h3-6,8-11,22H,2,7H2,1H3,(H,24,26)(H,21,23,25). The zero-order chi connectivity index (χ0) is 18.4. The van der Waals surface area contributed by atoms with Crippen LogP contribution in [0, 0.1) is 0 Å². The van der Waals surface area contributed by atoms with Gasteiger partial charge in [-0.3, -0.25) is 20.0 Å². The van der Waals surface area contributed by atoms with Crippen LogP contribution in [0.1, 0.15) is 34.2 Å². The van der Waals surface area contributed by atoms with Gasteiger partial charge in [0.25, 0.3) is 11.8 Å². The number of anilines is 1. The van der Waals surface area contributed by atoms with E-state index in [9.17, 15) is 9.59 Å². The molecule has 0 spiro atoms. The highest BCUT2D eigenvalue weighted by molar-refractivity contribution is 6.05. The van der Waals surface area contributed by atoms with Gasteiger partial charge in [0, 0.05) is 23.7 Å². The number of nitrogens with one attached hydrogen (secondary N) is 3. The Morgan fingerprint density at radius 3 is 2.69 bits per heavy atom. The molecule has 0 aliphatic rings. The Morgan fingerprint density at radius 2 is 1.92 bits per heavy atom. The molecule has 2 aromatic heterocycles. The van der Waals surface area contributed by atoms with Gasteiger partial charge in [0.05, 0.1) is 17.9 Å². The Hall–Kier alpha value is -3.39. The molecule has 0 atom stereocenters. The molecule has 2 amide bonds. The summed E-state index contributed by atoms with van der Waals surface area (Å²) in [5.74, 6) is -0.433. The summed E-state index contributed by atoms with van der Waals surface area (Å²) in [5.41, 5.74) is 6.75. The maximum absolute atomic E-state index is 12.4. The molecule has 3 N–H and O–H groups in total. The highest BCUT2D eigenvalue weighted by Crippen LogP contribution is 2.14. The van der Waals surface area contributed by atoms with E-state index < -0.39 is 0 Å². The van der Waals surface area contributed by atoms with Crippen molar-refractivity contribution in [1.82, 2.24) is 25.8 Å². The highest BCUT2D eigenvalue weighted by Gasteiger charge is 2.10. The van der Waals surface area contributed by atoms with Gasteiger partial charge in [-0.05, 0) is 30.7 Å². The third-order valence-electron chi connectivity index (χ3n) is 3.57. The minimum atomic E-state index is -0.383. The minimum Gasteiger partial charge on any atom is -0.305 e. The normalized spacial score (nSPS) is 10.5. The number of aromatic nitrogens is 3.